The van der Waals surface area contributed by atoms with E-state index in [0.29, 0.717) is 13.0 Å². The maximum Gasteiger partial charge on any atom is 0.224 e. The van der Waals surface area contributed by atoms with Crippen molar-refractivity contribution in [3.8, 4) is 0 Å². The van der Waals surface area contributed by atoms with Gasteiger partial charge in [0.15, 0.2) is 0 Å². The second kappa shape index (κ2) is 7.51. The zero-order valence-corrected chi connectivity index (χ0v) is 14.7. The molecular formula is C21H24N2O2. The lowest BCUT2D eigenvalue weighted by atomic mass is 10.1. The predicted molar refractivity (Wildman–Crippen MR) is 97.6 cm³/mol. The fourth-order valence-electron chi connectivity index (χ4n) is 3.06. The Bertz CT molecular complexity index is 758. The molecule has 1 aliphatic rings. The third-order valence-electron chi connectivity index (χ3n) is 4.67. The average molecular weight is 336 g/mol. The molecule has 4 heteroatoms. The molecule has 0 aliphatic heterocycles. The summed E-state index contributed by atoms with van der Waals surface area (Å²) in [6.07, 6.45) is 0.632. The number of carbonyl (C=O) groups excluding carboxylic acids is 2. The van der Waals surface area contributed by atoms with E-state index in [1.165, 1.54) is 5.56 Å². The maximum atomic E-state index is 12.3. The van der Waals surface area contributed by atoms with Crippen molar-refractivity contribution in [3.63, 3.8) is 0 Å². The largest absolute Gasteiger partial charge is 0.352 e. The lowest BCUT2D eigenvalue weighted by molar-refractivity contribution is -0.127. The first-order valence-electron chi connectivity index (χ1n) is 8.73. The minimum absolute atomic E-state index is 0.0333. The number of hydrogen-bond donors (Lipinski definition) is 2. The van der Waals surface area contributed by atoms with Crippen LogP contribution in [0.1, 0.15) is 36.1 Å². The summed E-state index contributed by atoms with van der Waals surface area (Å²) in [6.45, 7) is 4.49. The van der Waals surface area contributed by atoms with Crippen LogP contribution in [0.4, 0.5) is 0 Å². The molecule has 2 N–H and O–H groups in total. The van der Waals surface area contributed by atoms with E-state index in [0.717, 1.165) is 11.1 Å². The molecule has 3 unspecified atom stereocenters. The van der Waals surface area contributed by atoms with Gasteiger partial charge < -0.3 is 10.6 Å². The van der Waals surface area contributed by atoms with Crippen LogP contribution in [-0.4, -0.2) is 11.8 Å². The van der Waals surface area contributed by atoms with Gasteiger partial charge >= 0.3 is 0 Å². The van der Waals surface area contributed by atoms with Crippen molar-refractivity contribution in [2.45, 2.75) is 32.9 Å². The Morgan fingerprint density at radius 3 is 2.48 bits per heavy atom. The number of amides is 2. The van der Waals surface area contributed by atoms with Crippen molar-refractivity contribution in [1.82, 2.24) is 10.6 Å². The Morgan fingerprint density at radius 2 is 1.76 bits per heavy atom. The fourth-order valence-corrected chi connectivity index (χ4v) is 3.06. The summed E-state index contributed by atoms with van der Waals surface area (Å²) in [4.78, 5) is 24.6. The van der Waals surface area contributed by atoms with Crippen molar-refractivity contribution in [2.75, 3.05) is 0 Å². The van der Waals surface area contributed by atoms with Gasteiger partial charge in [-0.05, 0) is 31.4 Å². The predicted octanol–water partition coefficient (Wildman–Crippen LogP) is 3.12. The lowest BCUT2D eigenvalue weighted by Crippen LogP contribution is -2.31. The van der Waals surface area contributed by atoms with E-state index in [2.05, 4.69) is 16.7 Å². The summed E-state index contributed by atoms with van der Waals surface area (Å²) >= 11 is 0. The highest BCUT2D eigenvalue weighted by atomic mass is 16.2. The molecule has 130 valence electrons. The van der Waals surface area contributed by atoms with Gasteiger partial charge in [0.1, 0.15) is 0 Å². The highest BCUT2D eigenvalue weighted by Crippen LogP contribution is 2.39. The van der Waals surface area contributed by atoms with Crippen LogP contribution in [0.2, 0.25) is 0 Å². The van der Waals surface area contributed by atoms with E-state index < -0.39 is 0 Å². The van der Waals surface area contributed by atoms with Crippen LogP contribution in [0.15, 0.2) is 54.6 Å². The summed E-state index contributed by atoms with van der Waals surface area (Å²) in [6, 6.07) is 17.8. The van der Waals surface area contributed by atoms with Gasteiger partial charge in [0.05, 0.1) is 17.9 Å². The molecule has 1 aliphatic carbocycles. The first-order valence-corrected chi connectivity index (χ1v) is 8.73. The Kier molecular flexibility index (Phi) is 5.17. The Morgan fingerprint density at radius 1 is 1.04 bits per heavy atom. The first kappa shape index (κ1) is 17.2. The van der Waals surface area contributed by atoms with E-state index in [-0.39, 0.29) is 29.7 Å². The fraction of sp³-hybridized carbons (Fsp3) is 0.333. The Hall–Kier alpha value is -2.62. The molecule has 0 bridgehead atoms. The van der Waals surface area contributed by atoms with Crippen LogP contribution in [0.25, 0.3) is 0 Å². The van der Waals surface area contributed by atoms with Crippen molar-refractivity contribution < 1.29 is 9.59 Å². The summed E-state index contributed by atoms with van der Waals surface area (Å²) in [5.74, 6) is -0.475. The molecule has 0 heterocycles. The van der Waals surface area contributed by atoms with Gasteiger partial charge in [-0.3, -0.25) is 9.59 Å². The molecule has 3 atom stereocenters. The zero-order valence-electron chi connectivity index (χ0n) is 14.7. The lowest BCUT2D eigenvalue weighted by Gasteiger charge is -2.14. The second-order valence-corrected chi connectivity index (χ2v) is 6.80. The molecule has 0 radical (unpaired) electrons. The van der Waals surface area contributed by atoms with Gasteiger partial charge in [-0.2, -0.15) is 0 Å². The van der Waals surface area contributed by atoms with Crippen LogP contribution in [0.5, 0.6) is 0 Å². The van der Waals surface area contributed by atoms with Crippen LogP contribution in [0.3, 0.4) is 0 Å². The van der Waals surface area contributed by atoms with Gasteiger partial charge in [-0.25, -0.2) is 0 Å². The quantitative estimate of drug-likeness (QED) is 0.851. The number of hydrogen-bond acceptors (Lipinski definition) is 2. The minimum atomic E-state index is -0.205. The van der Waals surface area contributed by atoms with E-state index >= 15 is 0 Å². The van der Waals surface area contributed by atoms with Crippen molar-refractivity contribution >= 4 is 11.8 Å². The molecule has 4 nitrogen and oxygen atoms in total. The molecular weight excluding hydrogens is 312 g/mol. The highest BCUT2D eigenvalue weighted by molar-refractivity contribution is 5.92. The highest BCUT2D eigenvalue weighted by Gasteiger charge is 2.48. The van der Waals surface area contributed by atoms with E-state index in [1.54, 1.807) is 0 Å². The monoisotopic (exact) mass is 336 g/mol. The van der Waals surface area contributed by atoms with Crippen LogP contribution in [0, 0.1) is 18.8 Å². The molecule has 2 aromatic rings. The van der Waals surface area contributed by atoms with Gasteiger partial charge in [0, 0.05) is 6.54 Å². The van der Waals surface area contributed by atoms with Crippen LogP contribution >= 0.6 is 0 Å². The Balaban J connectivity index is 1.46. The number of carbonyl (C=O) groups is 2. The minimum Gasteiger partial charge on any atom is -0.352 e. The summed E-state index contributed by atoms with van der Waals surface area (Å²) in [5, 5.41) is 5.94. The van der Waals surface area contributed by atoms with Crippen LogP contribution in [-0.2, 0) is 16.1 Å². The Labute approximate surface area is 148 Å². The number of aryl methyl sites for hydroxylation is 1. The molecule has 0 spiro atoms. The molecule has 2 aromatic carbocycles. The van der Waals surface area contributed by atoms with Gasteiger partial charge in [-0.1, -0.05) is 60.2 Å². The standard InChI is InChI=1S/C21H24N2O2/c1-14-7-6-8-16(11-14)13-22-20(24)18-12-19(18)21(25)23-15(2)17-9-4-3-5-10-17/h3-11,15,18-19H,12-13H2,1-2H3,(H,22,24)(H,23,25). The molecule has 0 saturated heterocycles. The van der Waals surface area contributed by atoms with Gasteiger partial charge in [0.25, 0.3) is 0 Å². The third-order valence-corrected chi connectivity index (χ3v) is 4.67. The van der Waals surface area contributed by atoms with Crippen molar-refractivity contribution in [2.24, 2.45) is 11.8 Å². The molecule has 1 saturated carbocycles. The van der Waals surface area contributed by atoms with E-state index in [9.17, 15) is 9.59 Å². The topological polar surface area (TPSA) is 58.2 Å². The van der Waals surface area contributed by atoms with Crippen LogP contribution < -0.4 is 10.6 Å². The molecule has 2 amide bonds. The number of nitrogens with one attached hydrogen (secondary N) is 2. The first-order chi connectivity index (χ1) is 12.0. The SMILES string of the molecule is Cc1cccc(CNC(=O)C2CC2C(=O)NC(C)c2ccccc2)c1. The summed E-state index contributed by atoms with van der Waals surface area (Å²) in [7, 11) is 0. The second-order valence-electron chi connectivity index (χ2n) is 6.80. The normalized spacial score (nSPS) is 19.8. The van der Waals surface area contributed by atoms with E-state index in [1.807, 2.05) is 62.4 Å². The molecule has 1 fully saturated rings. The van der Waals surface area contributed by atoms with Gasteiger partial charge in [0.2, 0.25) is 11.8 Å². The summed E-state index contributed by atoms with van der Waals surface area (Å²) < 4.78 is 0. The molecule has 25 heavy (non-hydrogen) atoms. The zero-order chi connectivity index (χ0) is 17.8. The smallest absolute Gasteiger partial charge is 0.224 e. The molecule has 0 aromatic heterocycles. The third kappa shape index (κ3) is 4.47. The van der Waals surface area contributed by atoms with Gasteiger partial charge in [-0.15, -0.1) is 0 Å². The van der Waals surface area contributed by atoms with Crippen molar-refractivity contribution in [1.29, 1.82) is 0 Å². The van der Waals surface area contributed by atoms with Crippen molar-refractivity contribution in [3.05, 3.63) is 71.3 Å². The average Bonchev–Trinajstić information content (AvgIpc) is 3.41. The summed E-state index contributed by atoms with van der Waals surface area (Å²) in [5.41, 5.74) is 3.31. The maximum absolute atomic E-state index is 12.3. The number of benzene rings is 2. The van der Waals surface area contributed by atoms with E-state index in [4.69, 9.17) is 0 Å². The number of rotatable bonds is 6. The molecule has 3 rings (SSSR count).